The SMILES string of the molecule is Cc1cccc(CN2CCC(c3nc(C)ccc3C(=O)N(C)C3CCCCC3)CC2)c1. The fourth-order valence-corrected chi connectivity index (χ4v) is 5.33. The molecule has 1 saturated carbocycles. The summed E-state index contributed by atoms with van der Waals surface area (Å²) < 4.78 is 0. The third-order valence-corrected chi connectivity index (χ3v) is 7.20. The Bertz CT molecular complexity index is 895. The summed E-state index contributed by atoms with van der Waals surface area (Å²) in [7, 11) is 1.99. The van der Waals surface area contributed by atoms with Crippen LogP contribution in [0, 0.1) is 13.8 Å². The molecule has 0 spiro atoms. The van der Waals surface area contributed by atoms with E-state index in [-0.39, 0.29) is 5.91 Å². The standard InChI is InChI=1S/C27H37N3O/c1-20-8-7-9-22(18-20)19-30-16-14-23(15-17-30)26-25(13-12-21(2)28-26)27(31)29(3)24-10-5-4-6-11-24/h7-9,12-13,18,23-24H,4-6,10-11,14-17,19H2,1-3H3. The van der Waals surface area contributed by atoms with Gasteiger partial charge in [0.15, 0.2) is 0 Å². The number of carbonyl (C=O) groups is 1. The summed E-state index contributed by atoms with van der Waals surface area (Å²) >= 11 is 0. The quantitative estimate of drug-likeness (QED) is 0.644. The number of likely N-dealkylation sites (tertiary alicyclic amines) is 1. The van der Waals surface area contributed by atoms with Crippen molar-refractivity contribution < 1.29 is 4.79 Å². The van der Waals surface area contributed by atoms with Gasteiger partial charge in [-0.2, -0.15) is 0 Å². The van der Waals surface area contributed by atoms with Crippen LogP contribution in [0.15, 0.2) is 36.4 Å². The van der Waals surface area contributed by atoms with Gasteiger partial charge in [-0.15, -0.1) is 0 Å². The van der Waals surface area contributed by atoms with Crippen LogP contribution in [0.4, 0.5) is 0 Å². The van der Waals surface area contributed by atoms with Gasteiger partial charge >= 0.3 is 0 Å². The van der Waals surface area contributed by atoms with Gasteiger partial charge in [0, 0.05) is 31.2 Å². The molecule has 2 aromatic rings. The molecule has 0 radical (unpaired) electrons. The fraction of sp³-hybridized carbons (Fsp3) is 0.556. The highest BCUT2D eigenvalue weighted by atomic mass is 16.2. The molecule has 1 aromatic heterocycles. The van der Waals surface area contributed by atoms with E-state index in [0.717, 1.165) is 62.3 Å². The number of pyridine rings is 1. The maximum atomic E-state index is 13.4. The molecule has 2 aliphatic rings. The molecular formula is C27H37N3O. The van der Waals surface area contributed by atoms with E-state index in [1.165, 1.54) is 30.4 Å². The minimum absolute atomic E-state index is 0.164. The van der Waals surface area contributed by atoms with Crippen LogP contribution in [-0.4, -0.2) is 46.9 Å². The summed E-state index contributed by atoms with van der Waals surface area (Å²) in [5.74, 6) is 0.531. The molecule has 1 amide bonds. The average molecular weight is 420 g/mol. The average Bonchev–Trinajstić information content (AvgIpc) is 2.79. The lowest BCUT2D eigenvalue weighted by atomic mass is 9.89. The van der Waals surface area contributed by atoms with Crippen LogP contribution in [0.2, 0.25) is 0 Å². The molecular weight excluding hydrogens is 382 g/mol. The van der Waals surface area contributed by atoms with Crippen LogP contribution in [0.25, 0.3) is 0 Å². The zero-order valence-electron chi connectivity index (χ0n) is 19.4. The van der Waals surface area contributed by atoms with E-state index in [9.17, 15) is 4.79 Å². The predicted molar refractivity (Wildman–Crippen MR) is 126 cm³/mol. The van der Waals surface area contributed by atoms with Crippen molar-refractivity contribution in [2.24, 2.45) is 0 Å². The van der Waals surface area contributed by atoms with Gasteiger partial charge in [0.1, 0.15) is 0 Å². The second-order valence-corrected chi connectivity index (χ2v) is 9.63. The van der Waals surface area contributed by atoms with Crippen LogP contribution >= 0.6 is 0 Å². The molecule has 4 heteroatoms. The fourth-order valence-electron chi connectivity index (χ4n) is 5.33. The van der Waals surface area contributed by atoms with E-state index in [4.69, 9.17) is 4.98 Å². The van der Waals surface area contributed by atoms with E-state index < -0.39 is 0 Å². The first-order valence-electron chi connectivity index (χ1n) is 12.0. The normalized spacial score (nSPS) is 18.8. The molecule has 4 nitrogen and oxygen atoms in total. The Hall–Kier alpha value is -2.20. The van der Waals surface area contributed by atoms with Crippen molar-refractivity contribution in [3.8, 4) is 0 Å². The minimum Gasteiger partial charge on any atom is -0.339 e. The number of aryl methyl sites for hydroxylation is 2. The summed E-state index contributed by atoms with van der Waals surface area (Å²) in [5, 5.41) is 0. The highest BCUT2D eigenvalue weighted by molar-refractivity contribution is 5.95. The highest BCUT2D eigenvalue weighted by Crippen LogP contribution is 2.31. The van der Waals surface area contributed by atoms with E-state index in [1.807, 2.05) is 31.0 Å². The Morgan fingerprint density at radius 2 is 1.77 bits per heavy atom. The summed E-state index contributed by atoms with van der Waals surface area (Å²) in [5.41, 5.74) is 5.58. The van der Waals surface area contributed by atoms with Gasteiger partial charge in [-0.05, 0) is 70.3 Å². The summed E-state index contributed by atoms with van der Waals surface area (Å²) in [4.78, 5) is 22.9. The number of amides is 1. The Morgan fingerprint density at radius 1 is 1.03 bits per heavy atom. The van der Waals surface area contributed by atoms with Crippen LogP contribution in [-0.2, 0) is 6.54 Å². The molecule has 2 heterocycles. The topological polar surface area (TPSA) is 36.4 Å². The van der Waals surface area contributed by atoms with Gasteiger partial charge in [0.2, 0.25) is 0 Å². The summed E-state index contributed by atoms with van der Waals surface area (Å²) in [6.45, 7) is 7.31. The molecule has 1 aliphatic heterocycles. The molecule has 31 heavy (non-hydrogen) atoms. The maximum absolute atomic E-state index is 13.4. The summed E-state index contributed by atoms with van der Waals surface area (Å²) in [6.07, 6.45) is 8.17. The molecule has 1 aliphatic carbocycles. The molecule has 0 N–H and O–H groups in total. The van der Waals surface area contributed by atoms with E-state index in [0.29, 0.717) is 12.0 Å². The lowest BCUT2D eigenvalue weighted by Gasteiger charge is -2.34. The van der Waals surface area contributed by atoms with Crippen molar-refractivity contribution in [3.05, 3.63) is 64.5 Å². The van der Waals surface area contributed by atoms with Crippen LogP contribution in [0.5, 0.6) is 0 Å². The molecule has 0 atom stereocenters. The maximum Gasteiger partial charge on any atom is 0.255 e. The zero-order valence-corrected chi connectivity index (χ0v) is 19.4. The number of hydrogen-bond acceptors (Lipinski definition) is 3. The second kappa shape index (κ2) is 9.95. The number of benzene rings is 1. The third-order valence-electron chi connectivity index (χ3n) is 7.20. The molecule has 4 rings (SSSR count). The third kappa shape index (κ3) is 5.35. The molecule has 1 aromatic carbocycles. The van der Waals surface area contributed by atoms with Gasteiger partial charge in [-0.25, -0.2) is 0 Å². The van der Waals surface area contributed by atoms with Gasteiger partial charge in [-0.3, -0.25) is 14.7 Å². The Kier molecular flexibility index (Phi) is 7.06. The van der Waals surface area contributed by atoms with Crippen LogP contribution in [0.1, 0.15) is 83.7 Å². The molecule has 2 fully saturated rings. The van der Waals surface area contributed by atoms with E-state index in [2.05, 4.69) is 36.1 Å². The smallest absolute Gasteiger partial charge is 0.255 e. The highest BCUT2D eigenvalue weighted by Gasteiger charge is 2.29. The van der Waals surface area contributed by atoms with Crippen molar-refractivity contribution in [2.75, 3.05) is 20.1 Å². The number of hydrogen-bond donors (Lipinski definition) is 0. The van der Waals surface area contributed by atoms with Crippen molar-refractivity contribution in [3.63, 3.8) is 0 Å². The minimum atomic E-state index is 0.164. The number of rotatable bonds is 5. The number of nitrogens with zero attached hydrogens (tertiary/aromatic N) is 3. The van der Waals surface area contributed by atoms with Crippen molar-refractivity contribution in [1.82, 2.24) is 14.8 Å². The molecule has 0 bridgehead atoms. The number of carbonyl (C=O) groups excluding carboxylic acids is 1. The van der Waals surface area contributed by atoms with Crippen molar-refractivity contribution >= 4 is 5.91 Å². The van der Waals surface area contributed by atoms with Crippen LogP contribution < -0.4 is 0 Å². The lowest BCUT2D eigenvalue weighted by molar-refractivity contribution is 0.0693. The van der Waals surface area contributed by atoms with Gasteiger partial charge < -0.3 is 4.90 Å². The predicted octanol–water partition coefficient (Wildman–Crippen LogP) is 5.48. The van der Waals surface area contributed by atoms with Crippen molar-refractivity contribution in [2.45, 2.75) is 77.3 Å². The van der Waals surface area contributed by atoms with E-state index >= 15 is 0 Å². The van der Waals surface area contributed by atoms with Gasteiger partial charge in [0.25, 0.3) is 5.91 Å². The second-order valence-electron chi connectivity index (χ2n) is 9.63. The summed E-state index contributed by atoms with van der Waals surface area (Å²) in [6, 6.07) is 13.2. The molecule has 166 valence electrons. The number of aromatic nitrogens is 1. The van der Waals surface area contributed by atoms with Crippen LogP contribution in [0.3, 0.4) is 0 Å². The first kappa shape index (κ1) is 22.0. The Balaban J connectivity index is 1.44. The molecule has 0 unspecified atom stereocenters. The van der Waals surface area contributed by atoms with Gasteiger partial charge in [-0.1, -0.05) is 49.1 Å². The lowest BCUT2D eigenvalue weighted by Crippen LogP contribution is -2.39. The first-order valence-corrected chi connectivity index (χ1v) is 12.0. The molecule has 1 saturated heterocycles. The monoisotopic (exact) mass is 419 g/mol. The Morgan fingerprint density at radius 3 is 2.48 bits per heavy atom. The van der Waals surface area contributed by atoms with Crippen molar-refractivity contribution in [1.29, 1.82) is 0 Å². The van der Waals surface area contributed by atoms with E-state index in [1.54, 1.807) is 0 Å². The zero-order chi connectivity index (χ0) is 21.8. The first-order chi connectivity index (χ1) is 15.0. The largest absolute Gasteiger partial charge is 0.339 e. The Labute approximate surface area is 187 Å². The number of piperidine rings is 1. The van der Waals surface area contributed by atoms with Gasteiger partial charge in [0.05, 0.1) is 11.3 Å².